The monoisotopic (exact) mass is 791 g/mol. The van der Waals surface area contributed by atoms with E-state index in [1.807, 2.05) is 6.07 Å². The molecule has 0 unspecified atom stereocenters. The first-order chi connectivity index (χ1) is 30.7. The van der Waals surface area contributed by atoms with Gasteiger partial charge in [-0.25, -0.2) is 0 Å². The van der Waals surface area contributed by atoms with Crippen LogP contribution in [0.3, 0.4) is 0 Å². The van der Waals surface area contributed by atoms with Crippen LogP contribution in [0.4, 0.5) is 17.1 Å². The van der Waals surface area contributed by atoms with Gasteiger partial charge in [0.2, 0.25) is 0 Å². The lowest BCUT2D eigenvalue weighted by atomic mass is 9.67. The highest BCUT2D eigenvalue weighted by molar-refractivity contribution is 6.15. The van der Waals surface area contributed by atoms with Gasteiger partial charge in [-0.05, 0) is 110 Å². The lowest BCUT2D eigenvalue weighted by Gasteiger charge is -2.35. The van der Waals surface area contributed by atoms with Crippen LogP contribution in [0, 0.1) is 0 Å². The van der Waals surface area contributed by atoms with Gasteiger partial charge in [0, 0.05) is 27.4 Å². The predicted octanol–water partition coefficient (Wildman–Crippen LogP) is 16.1. The zero-order valence-corrected chi connectivity index (χ0v) is 33.6. The minimum atomic E-state index is -0.554. The van der Waals surface area contributed by atoms with Gasteiger partial charge in [-0.1, -0.05) is 164 Å². The highest BCUT2D eigenvalue weighted by atomic mass is 16.3. The van der Waals surface area contributed by atoms with Crippen molar-refractivity contribution in [1.29, 1.82) is 0 Å². The quantitative estimate of drug-likeness (QED) is 0.168. The van der Waals surface area contributed by atoms with Crippen LogP contribution in [0.15, 0.2) is 233 Å². The number of para-hydroxylation sites is 2. The number of nitrogens with zero attached hydrogens (tertiary/aromatic N) is 1. The number of benzene rings is 10. The molecule has 290 valence electrons. The molecule has 3 nitrogen and oxygen atoms in total. The molecule has 12 aromatic rings. The molecule has 0 N–H and O–H groups in total. The molecule has 0 saturated heterocycles. The van der Waals surface area contributed by atoms with Crippen molar-refractivity contribution in [3.8, 4) is 22.3 Å². The average molecular weight is 792 g/mol. The van der Waals surface area contributed by atoms with Crippen molar-refractivity contribution >= 4 is 71.7 Å². The summed E-state index contributed by atoms with van der Waals surface area (Å²) in [6.07, 6.45) is 0. The number of furan rings is 2. The van der Waals surface area contributed by atoms with E-state index in [0.717, 1.165) is 72.1 Å². The summed E-state index contributed by atoms with van der Waals surface area (Å²) in [6.45, 7) is 0. The summed E-state index contributed by atoms with van der Waals surface area (Å²) < 4.78 is 13.1. The van der Waals surface area contributed by atoms with Crippen molar-refractivity contribution in [2.75, 3.05) is 4.90 Å². The second-order valence-electron chi connectivity index (χ2n) is 16.4. The van der Waals surface area contributed by atoms with E-state index in [2.05, 4.69) is 223 Å². The van der Waals surface area contributed by atoms with E-state index >= 15 is 0 Å². The van der Waals surface area contributed by atoms with Gasteiger partial charge in [0.05, 0.1) is 22.2 Å². The van der Waals surface area contributed by atoms with Crippen molar-refractivity contribution in [1.82, 2.24) is 0 Å². The molecule has 10 aromatic carbocycles. The number of hydrogen-bond acceptors (Lipinski definition) is 3. The third kappa shape index (κ3) is 5.00. The van der Waals surface area contributed by atoms with E-state index in [9.17, 15) is 0 Å². The van der Waals surface area contributed by atoms with Gasteiger partial charge in [-0.3, -0.25) is 0 Å². The van der Waals surface area contributed by atoms with Crippen LogP contribution in [0.25, 0.3) is 76.9 Å². The number of hydrogen-bond donors (Lipinski definition) is 0. The molecule has 0 aliphatic heterocycles. The lowest BCUT2D eigenvalue weighted by Crippen LogP contribution is -2.28. The van der Waals surface area contributed by atoms with Gasteiger partial charge in [-0.15, -0.1) is 0 Å². The Morgan fingerprint density at radius 2 is 0.935 bits per heavy atom. The molecule has 0 saturated carbocycles. The third-order valence-electron chi connectivity index (χ3n) is 13.1. The highest BCUT2D eigenvalue weighted by Gasteiger charge is 2.46. The Morgan fingerprint density at radius 1 is 0.339 bits per heavy atom. The van der Waals surface area contributed by atoms with Crippen LogP contribution in [-0.2, 0) is 5.41 Å². The Morgan fingerprint density at radius 3 is 1.76 bits per heavy atom. The molecule has 62 heavy (non-hydrogen) atoms. The van der Waals surface area contributed by atoms with Gasteiger partial charge in [0.25, 0.3) is 0 Å². The molecule has 0 amide bonds. The minimum absolute atomic E-state index is 0.554. The molecule has 3 heteroatoms. The third-order valence-corrected chi connectivity index (χ3v) is 13.1. The minimum Gasteiger partial charge on any atom is -0.456 e. The Bertz CT molecular complexity index is 3670. The summed E-state index contributed by atoms with van der Waals surface area (Å²) in [4.78, 5) is 2.45. The largest absolute Gasteiger partial charge is 0.456 e. The average Bonchev–Trinajstić information content (AvgIpc) is 3.99. The van der Waals surface area contributed by atoms with E-state index in [4.69, 9.17) is 8.83 Å². The summed E-state index contributed by atoms with van der Waals surface area (Å²) >= 11 is 0. The Hall–Kier alpha value is -8.14. The fourth-order valence-corrected chi connectivity index (χ4v) is 10.5. The number of rotatable bonds is 6. The van der Waals surface area contributed by atoms with Crippen LogP contribution < -0.4 is 4.90 Å². The zero-order valence-electron chi connectivity index (χ0n) is 33.6. The van der Waals surface area contributed by atoms with Crippen LogP contribution in [0.1, 0.15) is 22.3 Å². The van der Waals surface area contributed by atoms with Crippen molar-refractivity contribution in [3.63, 3.8) is 0 Å². The Labute approximate surface area is 358 Å². The Balaban J connectivity index is 1.10. The molecule has 0 fully saturated rings. The van der Waals surface area contributed by atoms with E-state index < -0.39 is 5.41 Å². The van der Waals surface area contributed by atoms with Gasteiger partial charge in [0.15, 0.2) is 0 Å². The number of fused-ring (bicyclic) bond motifs is 10. The molecule has 0 bridgehead atoms. The smallest absolute Gasteiger partial charge is 0.137 e. The van der Waals surface area contributed by atoms with Crippen molar-refractivity contribution in [2.24, 2.45) is 0 Å². The van der Waals surface area contributed by atoms with Crippen molar-refractivity contribution < 1.29 is 8.83 Å². The van der Waals surface area contributed by atoms with E-state index in [-0.39, 0.29) is 0 Å². The molecular formula is C59H37NO2. The van der Waals surface area contributed by atoms with Gasteiger partial charge < -0.3 is 13.7 Å². The SMILES string of the molecule is c1ccc(C2(c3ccccc3)c3ccccc3-c3ccc(N(c4ccccc4-c4ccc5oc6cc7ccccc7cc6c5c4)c4cccc5oc6ccccc6c45)cc32)cc1. The molecular weight excluding hydrogens is 755 g/mol. The molecule has 0 radical (unpaired) electrons. The number of anilines is 3. The first kappa shape index (κ1) is 34.7. The molecule has 0 spiro atoms. The highest BCUT2D eigenvalue weighted by Crippen LogP contribution is 2.58. The van der Waals surface area contributed by atoms with Crippen LogP contribution in [0.2, 0.25) is 0 Å². The van der Waals surface area contributed by atoms with Crippen molar-refractivity contribution in [2.45, 2.75) is 5.41 Å². The fourth-order valence-electron chi connectivity index (χ4n) is 10.5. The maximum Gasteiger partial charge on any atom is 0.137 e. The maximum absolute atomic E-state index is 6.57. The molecule has 2 heterocycles. The zero-order chi connectivity index (χ0) is 40.8. The standard InChI is InChI=1S/C59H37NO2/c1-3-18-41(19-4-1)59(42-20-5-2-6-21-42)50-25-12-9-23-45(50)46-32-31-43(37-51(46)59)60(53-27-15-29-56-58(53)47-24-11-14-28-54(47)61-56)52-26-13-10-22-44(52)40-30-33-55-48(35-40)49-34-38-16-7-8-17-39(38)36-57(49)62-55/h1-37H. The molecule has 13 rings (SSSR count). The summed E-state index contributed by atoms with van der Waals surface area (Å²) in [7, 11) is 0. The summed E-state index contributed by atoms with van der Waals surface area (Å²) in [5, 5.41) is 6.72. The normalized spacial score (nSPS) is 13.0. The lowest BCUT2D eigenvalue weighted by molar-refractivity contribution is 0.669. The fraction of sp³-hybridized carbons (Fsp3) is 0.0169. The van der Waals surface area contributed by atoms with E-state index in [0.29, 0.717) is 0 Å². The van der Waals surface area contributed by atoms with Crippen LogP contribution in [-0.4, -0.2) is 0 Å². The summed E-state index contributed by atoms with van der Waals surface area (Å²) in [5.41, 5.74) is 15.8. The second-order valence-corrected chi connectivity index (χ2v) is 16.4. The van der Waals surface area contributed by atoms with Gasteiger partial charge in [0.1, 0.15) is 22.3 Å². The second kappa shape index (κ2) is 13.4. The molecule has 1 aliphatic carbocycles. The van der Waals surface area contributed by atoms with Gasteiger partial charge >= 0.3 is 0 Å². The topological polar surface area (TPSA) is 29.5 Å². The first-order valence-corrected chi connectivity index (χ1v) is 21.2. The Kier molecular flexibility index (Phi) is 7.52. The van der Waals surface area contributed by atoms with E-state index in [1.165, 1.54) is 44.2 Å². The van der Waals surface area contributed by atoms with Crippen LogP contribution >= 0.6 is 0 Å². The maximum atomic E-state index is 6.57. The predicted molar refractivity (Wildman–Crippen MR) is 256 cm³/mol. The molecule has 1 aliphatic rings. The molecule has 2 aromatic heterocycles. The van der Waals surface area contributed by atoms with Crippen molar-refractivity contribution in [3.05, 3.63) is 247 Å². The first-order valence-electron chi connectivity index (χ1n) is 21.2. The van der Waals surface area contributed by atoms with E-state index in [1.54, 1.807) is 0 Å². The van der Waals surface area contributed by atoms with Crippen LogP contribution in [0.5, 0.6) is 0 Å². The van der Waals surface area contributed by atoms with Gasteiger partial charge in [-0.2, -0.15) is 0 Å². The summed E-state index contributed by atoms with van der Waals surface area (Å²) in [5.74, 6) is 0. The molecule has 0 atom stereocenters. The summed E-state index contributed by atoms with van der Waals surface area (Å²) in [6, 6.07) is 81.2.